The number of rotatable bonds is 8. The Labute approximate surface area is 210 Å². The molecule has 2 atom stereocenters. The minimum atomic E-state index is -0.503. The van der Waals surface area contributed by atoms with Gasteiger partial charge in [-0.15, -0.1) is 0 Å². The fourth-order valence-electron chi connectivity index (χ4n) is 5.11. The summed E-state index contributed by atoms with van der Waals surface area (Å²) in [5.41, 5.74) is 11.2. The van der Waals surface area contributed by atoms with Gasteiger partial charge in [0.05, 0.1) is 19.7 Å². The van der Waals surface area contributed by atoms with E-state index in [1.54, 1.807) is 7.11 Å². The molecule has 0 saturated carbocycles. The third-order valence-electron chi connectivity index (χ3n) is 7.04. The van der Waals surface area contributed by atoms with Crippen molar-refractivity contribution < 1.29 is 14.3 Å². The number of nitrogens with zero attached hydrogens (tertiary/aromatic N) is 1. The number of fused-ring (bicyclic) bond motifs is 2. The molecule has 1 aliphatic rings. The number of H-pyrrole nitrogens is 1. The van der Waals surface area contributed by atoms with E-state index in [1.165, 1.54) is 0 Å². The molecule has 2 amide bonds. The number of aromatic nitrogens is 1. The van der Waals surface area contributed by atoms with Crippen molar-refractivity contribution in [3.63, 3.8) is 0 Å². The molecule has 4 N–H and O–H groups in total. The van der Waals surface area contributed by atoms with Gasteiger partial charge in [0.15, 0.2) is 0 Å². The molecule has 0 radical (unpaired) electrons. The Hall–Kier alpha value is -4.10. The second kappa shape index (κ2) is 10.3. The monoisotopic (exact) mass is 482 g/mol. The first-order chi connectivity index (χ1) is 17.5. The number of benzene rings is 3. The van der Waals surface area contributed by atoms with Crippen LogP contribution in [0.3, 0.4) is 0 Å². The molecular weight excluding hydrogens is 452 g/mol. The lowest BCUT2D eigenvalue weighted by Crippen LogP contribution is -2.52. The Morgan fingerprint density at radius 1 is 1.06 bits per heavy atom. The first-order valence-corrected chi connectivity index (χ1v) is 12.1. The SMILES string of the molecule is COc1ccc(C(CNC(=O)CN2Cc3ccccc3C[C@H]2C(N)=O)c2c[nH]c3ccccc23)cc1. The van der Waals surface area contributed by atoms with Crippen molar-refractivity contribution in [1.29, 1.82) is 0 Å². The summed E-state index contributed by atoms with van der Waals surface area (Å²) >= 11 is 0. The van der Waals surface area contributed by atoms with Crippen molar-refractivity contribution >= 4 is 22.7 Å². The van der Waals surface area contributed by atoms with E-state index in [2.05, 4.69) is 16.4 Å². The number of methoxy groups -OCH3 is 1. The van der Waals surface area contributed by atoms with Gasteiger partial charge in [-0.25, -0.2) is 0 Å². The van der Waals surface area contributed by atoms with Gasteiger partial charge in [0.25, 0.3) is 0 Å². The first-order valence-electron chi connectivity index (χ1n) is 12.1. The van der Waals surface area contributed by atoms with E-state index in [4.69, 9.17) is 10.5 Å². The van der Waals surface area contributed by atoms with Crippen LogP contribution in [0.15, 0.2) is 79.0 Å². The molecule has 0 spiro atoms. The molecule has 3 aromatic carbocycles. The average Bonchev–Trinajstić information content (AvgIpc) is 3.32. The normalized spacial score (nSPS) is 16.3. The van der Waals surface area contributed by atoms with Crippen LogP contribution in [0.1, 0.15) is 28.2 Å². The molecule has 1 aliphatic heterocycles. The maximum atomic E-state index is 13.1. The lowest BCUT2D eigenvalue weighted by atomic mass is 9.90. The van der Waals surface area contributed by atoms with Crippen molar-refractivity contribution in [2.24, 2.45) is 5.73 Å². The van der Waals surface area contributed by atoms with E-state index < -0.39 is 11.9 Å². The van der Waals surface area contributed by atoms with Crippen LogP contribution in [-0.4, -0.2) is 47.9 Å². The molecule has 7 heteroatoms. The smallest absolute Gasteiger partial charge is 0.235 e. The van der Waals surface area contributed by atoms with E-state index in [1.807, 2.05) is 77.8 Å². The summed E-state index contributed by atoms with van der Waals surface area (Å²) in [6, 6.07) is 23.6. The number of nitrogens with one attached hydrogen (secondary N) is 2. The lowest BCUT2D eigenvalue weighted by molar-refractivity contribution is -0.127. The fraction of sp³-hybridized carbons (Fsp3) is 0.241. The summed E-state index contributed by atoms with van der Waals surface area (Å²) in [6.07, 6.45) is 2.53. The van der Waals surface area contributed by atoms with Crippen LogP contribution in [0.4, 0.5) is 0 Å². The number of aromatic amines is 1. The second-order valence-electron chi connectivity index (χ2n) is 9.22. The van der Waals surface area contributed by atoms with E-state index >= 15 is 0 Å². The van der Waals surface area contributed by atoms with Gasteiger partial charge in [0, 0.05) is 36.1 Å². The molecule has 1 aromatic heterocycles. The highest BCUT2D eigenvalue weighted by Crippen LogP contribution is 2.31. The molecule has 1 unspecified atom stereocenters. The van der Waals surface area contributed by atoms with Crippen molar-refractivity contribution in [1.82, 2.24) is 15.2 Å². The number of amides is 2. The standard InChI is InChI=1S/C29H30N4O3/c1-36-22-12-10-19(11-13-22)24(25-16-31-26-9-5-4-8-23(25)26)15-32-28(34)18-33-17-21-7-3-2-6-20(21)14-27(33)29(30)35/h2-13,16,24,27,31H,14-15,17-18H2,1H3,(H2,30,35)(H,32,34)/t24?,27-/m0/s1. The zero-order chi connectivity index (χ0) is 25.1. The van der Waals surface area contributed by atoms with Gasteiger partial charge in [0.2, 0.25) is 11.8 Å². The predicted molar refractivity (Wildman–Crippen MR) is 140 cm³/mol. The first kappa shape index (κ1) is 23.6. The molecule has 7 nitrogen and oxygen atoms in total. The Morgan fingerprint density at radius 2 is 1.78 bits per heavy atom. The highest BCUT2D eigenvalue weighted by molar-refractivity contribution is 5.85. The number of hydrogen-bond acceptors (Lipinski definition) is 4. The molecule has 0 bridgehead atoms. The summed E-state index contributed by atoms with van der Waals surface area (Å²) < 4.78 is 5.33. The summed E-state index contributed by atoms with van der Waals surface area (Å²) in [5, 5.41) is 4.24. The number of para-hydroxylation sites is 1. The Balaban J connectivity index is 1.35. The van der Waals surface area contributed by atoms with Gasteiger partial charge >= 0.3 is 0 Å². The van der Waals surface area contributed by atoms with E-state index in [-0.39, 0.29) is 18.4 Å². The quantitative estimate of drug-likeness (QED) is 0.359. The van der Waals surface area contributed by atoms with Crippen LogP contribution >= 0.6 is 0 Å². The summed E-state index contributed by atoms with van der Waals surface area (Å²) in [6.45, 7) is 1.03. The average molecular weight is 483 g/mol. The van der Waals surface area contributed by atoms with Gasteiger partial charge in [-0.2, -0.15) is 0 Å². The van der Waals surface area contributed by atoms with Crippen LogP contribution in [0.5, 0.6) is 5.75 Å². The Morgan fingerprint density at radius 3 is 2.53 bits per heavy atom. The highest BCUT2D eigenvalue weighted by atomic mass is 16.5. The molecular formula is C29H30N4O3. The van der Waals surface area contributed by atoms with E-state index in [0.717, 1.165) is 38.9 Å². The number of hydrogen-bond donors (Lipinski definition) is 3. The van der Waals surface area contributed by atoms with Crippen LogP contribution in [-0.2, 0) is 22.6 Å². The van der Waals surface area contributed by atoms with E-state index in [0.29, 0.717) is 19.5 Å². The molecule has 0 saturated heterocycles. The Kier molecular flexibility index (Phi) is 6.73. The maximum absolute atomic E-state index is 13.1. The largest absolute Gasteiger partial charge is 0.497 e. The van der Waals surface area contributed by atoms with Crippen LogP contribution in [0.2, 0.25) is 0 Å². The van der Waals surface area contributed by atoms with Crippen molar-refractivity contribution in [2.45, 2.75) is 24.9 Å². The zero-order valence-electron chi connectivity index (χ0n) is 20.2. The van der Waals surface area contributed by atoms with Gasteiger partial charge in [-0.1, -0.05) is 54.6 Å². The summed E-state index contributed by atoms with van der Waals surface area (Å²) in [4.78, 5) is 30.5. The second-order valence-corrected chi connectivity index (χ2v) is 9.22. The predicted octanol–water partition coefficient (Wildman–Crippen LogP) is 3.34. The highest BCUT2D eigenvalue weighted by Gasteiger charge is 2.31. The molecule has 2 heterocycles. The number of ether oxygens (including phenoxy) is 1. The third kappa shape index (κ3) is 4.83. The van der Waals surface area contributed by atoms with Gasteiger partial charge in [-0.05, 0) is 46.9 Å². The lowest BCUT2D eigenvalue weighted by Gasteiger charge is -2.34. The van der Waals surface area contributed by atoms with Crippen molar-refractivity contribution in [3.8, 4) is 5.75 Å². The minimum absolute atomic E-state index is 0.0648. The van der Waals surface area contributed by atoms with Gasteiger partial charge in [-0.3, -0.25) is 14.5 Å². The minimum Gasteiger partial charge on any atom is -0.497 e. The van der Waals surface area contributed by atoms with Crippen LogP contribution in [0, 0.1) is 0 Å². The van der Waals surface area contributed by atoms with Crippen LogP contribution < -0.4 is 15.8 Å². The summed E-state index contributed by atoms with van der Waals surface area (Å²) in [7, 11) is 1.64. The third-order valence-corrected chi connectivity index (χ3v) is 7.04. The zero-order valence-corrected chi connectivity index (χ0v) is 20.2. The van der Waals surface area contributed by atoms with Gasteiger partial charge < -0.3 is 20.8 Å². The van der Waals surface area contributed by atoms with Gasteiger partial charge in [0.1, 0.15) is 5.75 Å². The van der Waals surface area contributed by atoms with Crippen LogP contribution in [0.25, 0.3) is 10.9 Å². The molecule has 0 aliphatic carbocycles. The number of primary amides is 1. The number of carbonyl (C=O) groups is 2. The number of nitrogens with two attached hydrogens (primary N) is 1. The van der Waals surface area contributed by atoms with Crippen molar-refractivity contribution in [3.05, 3.63) is 101 Å². The molecule has 36 heavy (non-hydrogen) atoms. The maximum Gasteiger partial charge on any atom is 0.235 e. The Bertz CT molecular complexity index is 1380. The molecule has 4 aromatic rings. The topological polar surface area (TPSA) is 100 Å². The molecule has 0 fully saturated rings. The molecule has 184 valence electrons. The van der Waals surface area contributed by atoms with E-state index in [9.17, 15) is 9.59 Å². The fourth-order valence-corrected chi connectivity index (χ4v) is 5.11. The number of carbonyl (C=O) groups excluding carboxylic acids is 2. The summed E-state index contributed by atoms with van der Waals surface area (Å²) in [5.74, 6) is 0.166. The molecule has 5 rings (SSSR count). The van der Waals surface area contributed by atoms with Crippen molar-refractivity contribution in [2.75, 3.05) is 20.2 Å².